The fourth-order valence-corrected chi connectivity index (χ4v) is 3.12. The van der Waals surface area contributed by atoms with Gasteiger partial charge in [0.05, 0.1) is 9.90 Å². The normalized spacial score (nSPS) is 10.4. The molecule has 0 fully saturated rings. The van der Waals surface area contributed by atoms with E-state index in [1.807, 2.05) is 18.2 Å². The lowest BCUT2D eigenvalue weighted by molar-refractivity contribution is 1.27. The van der Waals surface area contributed by atoms with Gasteiger partial charge in [-0.3, -0.25) is 0 Å². The van der Waals surface area contributed by atoms with Crippen LogP contribution in [-0.2, 0) is 0 Å². The highest BCUT2D eigenvalue weighted by Gasteiger charge is 2.06. The molecule has 2 rings (SSSR count). The van der Waals surface area contributed by atoms with Crippen LogP contribution in [0.4, 0.5) is 0 Å². The van der Waals surface area contributed by atoms with Crippen molar-refractivity contribution in [2.75, 3.05) is 6.26 Å². The van der Waals surface area contributed by atoms with Crippen LogP contribution in [0.25, 0.3) is 11.3 Å². The van der Waals surface area contributed by atoms with Crippen molar-refractivity contribution < 1.29 is 0 Å². The van der Waals surface area contributed by atoms with Gasteiger partial charge in [0.25, 0.3) is 0 Å². The standard InChI is InChI=1S/C10H8BrNS2/c1-13-10-7(5-6-14-10)8-3-2-4-9(11)12-8/h2-6H,1H3. The number of hydrogen-bond acceptors (Lipinski definition) is 3. The number of hydrogen-bond donors (Lipinski definition) is 0. The van der Waals surface area contributed by atoms with Crippen LogP contribution in [0.15, 0.2) is 38.5 Å². The number of aromatic nitrogens is 1. The van der Waals surface area contributed by atoms with Crippen LogP contribution in [0.2, 0.25) is 0 Å². The summed E-state index contributed by atoms with van der Waals surface area (Å²) < 4.78 is 2.20. The summed E-state index contributed by atoms with van der Waals surface area (Å²) >= 11 is 6.90. The van der Waals surface area contributed by atoms with Crippen molar-refractivity contribution in [2.24, 2.45) is 0 Å². The van der Waals surface area contributed by atoms with Crippen LogP contribution < -0.4 is 0 Å². The minimum Gasteiger partial charge on any atom is -0.241 e. The zero-order chi connectivity index (χ0) is 9.97. The second kappa shape index (κ2) is 4.47. The van der Waals surface area contributed by atoms with Crippen molar-refractivity contribution in [3.63, 3.8) is 0 Å². The van der Waals surface area contributed by atoms with E-state index in [9.17, 15) is 0 Å². The molecule has 0 atom stereocenters. The van der Waals surface area contributed by atoms with E-state index >= 15 is 0 Å². The highest BCUT2D eigenvalue weighted by Crippen LogP contribution is 2.34. The van der Waals surface area contributed by atoms with Gasteiger partial charge >= 0.3 is 0 Å². The number of rotatable bonds is 2. The predicted octanol–water partition coefficient (Wildman–Crippen LogP) is 4.29. The molecule has 0 spiro atoms. The maximum absolute atomic E-state index is 4.43. The second-order valence-electron chi connectivity index (χ2n) is 2.67. The van der Waals surface area contributed by atoms with E-state index in [0.29, 0.717) is 0 Å². The van der Waals surface area contributed by atoms with E-state index < -0.39 is 0 Å². The Balaban J connectivity index is 2.49. The molecule has 2 aromatic heterocycles. The number of thiophene rings is 1. The van der Waals surface area contributed by atoms with E-state index in [1.165, 1.54) is 9.77 Å². The second-order valence-corrected chi connectivity index (χ2v) is 5.47. The first-order valence-electron chi connectivity index (χ1n) is 4.05. The average Bonchev–Trinajstić information content (AvgIpc) is 2.65. The third-order valence-corrected chi connectivity index (χ3v) is 4.33. The molecule has 0 saturated carbocycles. The van der Waals surface area contributed by atoms with Crippen LogP contribution in [0.5, 0.6) is 0 Å². The maximum Gasteiger partial charge on any atom is 0.106 e. The van der Waals surface area contributed by atoms with Gasteiger partial charge in [-0.25, -0.2) is 4.98 Å². The zero-order valence-corrected chi connectivity index (χ0v) is 10.7. The molecule has 0 aliphatic heterocycles. The maximum atomic E-state index is 4.43. The van der Waals surface area contributed by atoms with Crippen LogP contribution in [0, 0.1) is 0 Å². The van der Waals surface area contributed by atoms with Crippen molar-refractivity contribution in [1.82, 2.24) is 4.98 Å². The number of halogens is 1. The summed E-state index contributed by atoms with van der Waals surface area (Å²) in [6.45, 7) is 0. The highest BCUT2D eigenvalue weighted by atomic mass is 79.9. The number of pyridine rings is 1. The number of nitrogens with zero attached hydrogens (tertiary/aromatic N) is 1. The first-order valence-corrected chi connectivity index (χ1v) is 6.95. The molecule has 0 unspecified atom stereocenters. The summed E-state index contributed by atoms with van der Waals surface area (Å²) in [5, 5.41) is 2.10. The van der Waals surface area contributed by atoms with Gasteiger partial charge in [0.2, 0.25) is 0 Å². The van der Waals surface area contributed by atoms with E-state index in [1.54, 1.807) is 23.1 Å². The first kappa shape index (κ1) is 10.2. The SMILES string of the molecule is CSc1sccc1-c1cccc(Br)n1. The van der Waals surface area contributed by atoms with Crippen molar-refractivity contribution in [3.05, 3.63) is 34.2 Å². The molecule has 2 aromatic rings. The molecule has 0 aliphatic carbocycles. The molecule has 1 nitrogen and oxygen atoms in total. The lowest BCUT2D eigenvalue weighted by atomic mass is 10.2. The van der Waals surface area contributed by atoms with E-state index in [4.69, 9.17) is 0 Å². The van der Waals surface area contributed by atoms with Crippen molar-refractivity contribution in [2.45, 2.75) is 4.21 Å². The Bertz CT molecular complexity index is 439. The van der Waals surface area contributed by atoms with Crippen LogP contribution in [0.1, 0.15) is 0 Å². The Morgan fingerprint density at radius 1 is 1.36 bits per heavy atom. The fourth-order valence-electron chi connectivity index (χ4n) is 1.20. The minimum absolute atomic E-state index is 0.883. The van der Waals surface area contributed by atoms with Crippen molar-refractivity contribution >= 4 is 39.0 Å². The lowest BCUT2D eigenvalue weighted by Crippen LogP contribution is -1.82. The molecule has 0 N–H and O–H groups in total. The molecular weight excluding hydrogens is 278 g/mol. The third kappa shape index (κ3) is 2.02. The lowest BCUT2D eigenvalue weighted by Gasteiger charge is -2.00. The van der Waals surface area contributed by atoms with Gasteiger partial charge in [-0.2, -0.15) is 0 Å². The molecule has 14 heavy (non-hydrogen) atoms. The molecule has 0 aliphatic rings. The molecule has 2 heterocycles. The number of thioether (sulfide) groups is 1. The van der Waals surface area contributed by atoms with Gasteiger partial charge in [-0.1, -0.05) is 6.07 Å². The van der Waals surface area contributed by atoms with Gasteiger partial charge in [0.1, 0.15) is 4.60 Å². The summed E-state index contributed by atoms with van der Waals surface area (Å²) in [5.74, 6) is 0. The fraction of sp³-hybridized carbons (Fsp3) is 0.100. The Kier molecular flexibility index (Phi) is 3.26. The molecule has 72 valence electrons. The monoisotopic (exact) mass is 285 g/mol. The van der Waals surface area contributed by atoms with Gasteiger partial charge in [0.15, 0.2) is 0 Å². The Morgan fingerprint density at radius 3 is 2.93 bits per heavy atom. The van der Waals surface area contributed by atoms with Crippen LogP contribution in [-0.4, -0.2) is 11.2 Å². The quantitative estimate of drug-likeness (QED) is 0.603. The van der Waals surface area contributed by atoms with Gasteiger partial charge in [-0.15, -0.1) is 23.1 Å². The smallest absolute Gasteiger partial charge is 0.106 e. The minimum atomic E-state index is 0.883. The highest BCUT2D eigenvalue weighted by molar-refractivity contribution is 9.10. The Morgan fingerprint density at radius 2 is 2.21 bits per heavy atom. The van der Waals surface area contributed by atoms with Crippen LogP contribution >= 0.6 is 39.0 Å². The summed E-state index contributed by atoms with van der Waals surface area (Å²) in [7, 11) is 0. The average molecular weight is 286 g/mol. The molecular formula is C10H8BrNS2. The molecule has 4 heteroatoms. The van der Waals surface area contributed by atoms with Crippen molar-refractivity contribution in [1.29, 1.82) is 0 Å². The van der Waals surface area contributed by atoms with Gasteiger partial charge < -0.3 is 0 Å². The molecule has 0 amide bonds. The van der Waals surface area contributed by atoms with E-state index in [-0.39, 0.29) is 0 Å². The summed E-state index contributed by atoms with van der Waals surface area (Å²) in [6.07, 6.45) is 2.09. The van der Waals surface area contributed by atoms with Crippen molar-refractivity contribution in [3.8, 4) is 11.3 Å². The summed E-state index contributed by atoms with van der Waals surface area (Å²) in [6, 6.07) is 8.10. The topological polar surface area (TPSA) is 12.9 Å². The van der Waals surface area contributed by atoms with Gasteiger partial charge in [0, 0.05) is 5.56 Å². The van der Waals surface area contributed by atoms with Crippen LogP contribution in [0.3, 0.4) is 0 Å². The third-order valence-electron chi connectivity index (χ3n) is 1.81. The molecule has 0 saturated heterocycles. The molecule has 0 aromatic carbocycles. The zero-order valence-electron chi connectivity index (χ0n) is 7.53. The molecule has 0 radical (unpaired) electrons. The largest absolute Gasteiger partial charge is 0.241 e. The van der Waals surface area contributed by atoms with E-state index in [2.05, 4.69) is 38.6 Å². The predicted molar refractivity (Wildman–Crippen MR) is 67.0 cm³/mol. The Hall–Kier alpha value is -0.320. The van der Waals surface area contributed by atoms with E-state index in [0.717, 1.165) is 10.3 Å². The van der Waals surface area contributed by atoms with Gasteiger partial charge in [-0.05, 0) is 45.8 Å². The summed E-state index contributed by atoms with van der Waals surface area (Å²) in [4.78, 5) is 4.43. The summed E-state index contributed by atoms with van der Waals surface area (Å²) in [5.41, 5.74) is 2.26. The Labute approximate surface area is 99.7 Å². The first-order chi connectivity index (χ1) is 6.81. The molecule has 0 bridgehead atoms.